The Bertz CT molecular complexity index is 405. The van der Waals surface area contributed by atoms with Crippen LogP contribution in [-0.4, -0.2) is 84.9 Å². The van der Waals surface area contributed by atoms with Gasteiger partial charge in [-0.2, -0.15) is 0 Å². The largest absolute Gasteiger partial charge is 0.342 e. The number of amides is 2. The lowest BCUT2D eigenvalue weighted by molar-refractivity contribution is -0.136. The molecule has 3 aliphatic heterocycles. The molecule has 3 heterocycles. The average molecular weight is 381 g/mol. The molecule has 1 atom stereocenters. The Kier molecular flexibility index (Phi) is 9.34. The molecule has 0 aromatic carbocycles. The molecule has 3 fully saturated rings. The topological polar surface area (TPSA) is 55.9 Å². The van der Waals surface area contributed by atoms with Gasteiger partial charge in [-0.1, -0.05) is 6.42 Å². The highest BCUT2D eigenvalue weighted by Crippen LogP contribution is 2.13. The summed E-state index contributed by atoms with van der Waals surface area (Å²) in [5, 5.41) is 3.33. The van der Waals surface area contributed by atoms with E-state index in [9.17, 15) is 9.59 Å². The number of hydrogen-bond acceptors (Lipinski definition) is 4. The van der Waals surface area contributed by atoms with Gasteiger partial charge in [0.25, 0.3) is 0 Å². The van der Waals surface area contributed by atoms with Crippen LogP contribution < -0.4 is 5.32 Å². The normalized spacial score (nSPS) is 24.9. The Labute approximate surface area is 157 Å². The van der Waals surface area contributed by atoms with Crippen molar-refractivity contribution in [3.8, 4) is 0 Å². The molecular formula is C16H30Cl2N4O2. The number of piperidine rings is 1. The van der Waals surface area contributed by atoms with E-state index in [0.29, 0.717) is 6.54 Å². The van der Waals surface area contributed by atoms with Crippen molar-refractivity contribution in [1.82, 2.24) is 20.0 Å². The molecule has 3 aliphatic rings. The van der Waals surface area contributed by atoms with Crippen LogP contribution >= 0.6 is 24.8 Å². The Hall–Kier alpha value is -0.560. The zero-order valence-electron chi connectivity index (χ0n) is 14.2. The Morgan fingerprint density at radius 3 is 2.08 bits per heavy atom. The monoisotopic (exact) mass is 380 g/mol. The van der Waals surface area contributed by atoms with Crippen LogP contribution in [0.2, 0.25) is 0 Å². The van der Waals surface area contributed by atoms with Gasteiger partial charge in [-0.15, -0.1) is 24.8 Å². The summed E-state index contributed by atoms with van der Waals surface area (Å²) in [5.41, 5.74) is 0. The lowest BCUT2D eigenvalue weighted by atomic mass is 10.0. The van der Waals surface area contributed by atoms with E-state index in [-0.39, 0.29) is 42.7 Å². The van der Waals surface area contributed by atoms with E-state index >= 15 is 0 Å². The minimum absolute atomic E-state index is 0. The van der Waals surface area contributed by atoms with Gasteiger partial charge in [0, 0.05) is 39.3 Å². The van der Waals surface area contributed by atoms with Crippen LogP contribution in [0.1, 0.15) is 32.1 Å². The van der Waals surface area contributed by atoms with E-state index in [0.717, 1.165) is 71.5 Å². The fourth-order valence-corrected chi connectivity index (χ4v) is 3.67. The molecule has 0 bridgehead atoms. The van der Waals surface area contributed by atoms with E-state index in [1.807, 2.05) is 9.80 Å². The third kappa shape index (κ3) is 5.48. The van der Waals surface area contributed by atoms with E-state index in [2.05, 4.69) is 10.2 Å². The summed E-state index contributed by atoms with van der Waals surface area (Å²) in [6, 6.07) is 0.0199. The molecule has 1 N–H and O–H groups in total. The van der Waals surface area contributed by atoms with E-state index < -0.39 is 0 Å². The van der Waals surface area contributed by atoms with Crippen molar-refractivity contribution in [1.29, 1.82) is 0 Å². The predicted molar refractivity (Wildman–Crippen MR) is 99.0 cm³/mol. The number of hydrogen-bond donors (Lipinski definition) is 1. The molecule has 3 saturated heterocycles. The van der Waals surface area contributed by atoms with Crippen molar-refractivity contribution in [3.05, 3.63) is 0 Å². The molecule has 0 saturated carbocycles. The van der Waals surface area contributed by atoms with Gasteiger partial charge >= 0.3 is 0 Å². The summed E-state index contributed by atoms with van der Waals surface area (Å²) in [6.07, 6.45) is 5.57. The third-order valence-corrected chi connectivity index (χ3v) is 5.11. The number of halogens is 2. The average Bonchev–Trinajstić information content (AvgIpc) is 3.10. The number of carbonyl (C=O) groups is 2. The fourth-order valence-electron chi connectivity index (χ4n) is 3.67. The summed E-state index contributed by atoms with van der Waals surface area (Å²) in [4.78, 5) is 30.8. The quantitative estimate of drug-likeness (QED) is 0.784. The highest BCUT2D eigenvalue weighted by atomic mass is 35.5. The van der Waals surface area contributed by atoms with Gasteiger partial charge < -0.3 is 15.1 Å². The molecule has 6 nitrogen and oxygen atoms in total. The lowest BCUT2D eigenvalue weighted by Crippen LogP contribution is -2.56. The van der Waals surface area contributed by atoms with Gasteiger partial charge in [-0.3, -0.25) is 14.5 Å². The maximum absolute atomic E-state index is 12.5. The van der Waals surface area contributed by atoms with Crippen LogP contribution in [0.3, 0.4) is 0 Å². The highest BCUT2D eigenvalue weighted by molar-refractivity contribution is 5.85. The number of nitrogens with one attached hydrogen (secondary N) is 1. The van der Waals surface area contributed by atoms with Crippen molar-refractivity contribution >= 4 is 36.6 Å². The first kappa shape index (κ1) is 21.5. The summed E-state index contributed by atoms with van der Waals surface area (Å²) < 4.78 is 0. The summed E-state index contributed by atoms with van der Waals surface area (Å²) in [6.45, 7) is 6.46. The molecular weight excluding hydrogens is 351 g/mol. The zero-order chi connectivity index (χ0) is 15.4. The van der Waals surface area contributed by atoms with Crippen LogP contribution in [0.25, 0.3) is 0 Å². The Morgan fingerprint density at radius 2 is 1.50 bits per heavy atom. The number of likely N-dealkylation sites (tertiary alicyclic amines) is 1. The molecule has 0 radical (unpaired) electrons. The minimum atomic E-state index is 0. The van der Waals surface area contributed by atoms with E-state index in [1.165, 1.54) is 6.42 Å². The predicted octanol–water partition coefficient (Wildman–Crippen LogP) is 0.739. The third-order valence-electron chi connectivity index (χ3n) is 5.11. The fraction of sp³-hybridized carbons (Fsp3) is 0.875. The molecule has 2 amide bonds. The van der Waals surface area contributed by atoms with E-state index in [4.69, 9.17) is 0 Å². The SMILES string of the molecule is Cl.Cl.O=C(CN1CCN(C(=O)[C@H]2CCCCN2)CC1)N1CCCC1. The lowest BCUT2D eigenvalue weighted by Gasteiger charge is -2.37. The molecule has 0 spiro atoms. The molecule has 0 aliphatic carbocycles. The van der Waals surface area contributed by atoms with E-state index in [1.54, 1.807) is 0 Å². The summed E-state index contributed by atoms with van der Waals surface area (Å²) in [7, 11) is 0. The number of piperazine rings is 1. The van der Waals surface area contributed by atoms with Gasteiger partial charge in [0.1, 0.15) is 0 Å². The highest BCUT2D eigenvalue weighted by Gasteiger charge is 2.29. The second kappa shape index (κ2) is 10.4. The molecule has 0 aromatic rings. The van der Waals surface area contributed by atoms with Gasteiger partial charge in [0.05, 0.1) is 12.6 Å². The number of nitrogens with zero attached hydrogens (tertiary/aromatic N) is 3. The maximum Gasteiger partial charge on any atom is 0.239 e. The first-order valence-corrected chi connectivity index (χ1v) is 8.76. The Balaban J connectivity index is 0.00000144. The van der Waals surface area contributed by atoms with Crippen LogP contribution in [0.5, 0.6) is 0 Å². The van der Waals surface area contributed by atoms with Gasteiger partial charge in [-0.05, 0) is 32.2 Å². The maximum atomic E-state index is 12.5. The van der Waals surface area contributed by atoms with Crippen molar-refractivity contribution in [2.24, 2.45) is 0 Å². The minimum Gasteiger partial charge on any atom is -0.342 e. The zero-order valence-corrected chi connectivity index (χ0v) is 15.9. The summed E-state index contributed by atoms with van der Waals surface area (Å²) >= 11 is 0. The Morgan fingerprint density at radius 1 is 0.833 bits per heavy atom. The second-order valence-electron chi connectivity index (χ2n) is 6.69. The van der Waals surface area contributed by atoms with Crippen molar-refractivity contribution < 1.29 is 9.59 Å². The molecule has 3 rings (SSSR count). The number of carbonyl (C=O) groups excluding carboxylic acids is 2. The molecule has 0 aromatic heterocycles. The number of rotatable bonds is 3. The second-order valence-corrected chi connectivity index (χ2v) is 6.69. The molecule has 8 heteroatoms. The molecule has 140 valence electrons. The standard InChI is InChI=1S/C16H28N4O2.2ClH/c21-15(19-7-3-4-8-19)13-18-9-11-20(12-10-18)16(22)14-5-1-2-6-17-14;;/h14,17H,1-13H2;2*1H/t14-;;/m1../s1. The van der Waals surface area contributed by atoms with Gasteiger partial charge in [0.2, 0.25) is 11.8 Å². The smallest absolute Gasteiger partial charge is 0.239 e. The van der Waals surface area contributed by atoms with Crippen molar-refractivity contribution in [3.63, 3.8) is 0 Å². The van der Waals surface area contributed by atoms with Crippen LogP contribution in [-0.2, 0) is 9.59 Å². The van der Waals surface area contributed by atoms with Crippen LogP contribution in [0.4, 0.5) is 0 Å². The van der Waals surface area contributed by atoms with Crippen molar-refractivity contribution in [2.45, 2.75) is 38.1 Å². The van der Waals surface area contributed by atoms with Gasteiger partial charge in [0.15, 0.2) is 0 Å². The molecule has 24 heavy (non-hydrogen) atoms. The summed E-state index contributed by atoms with van der Waals surface area (Å²) in [5.74, 6) is 0.511. The van der Waals surface area contributed by atoms with Gasteiger partial charge in [-0.25, -0.2) is 0 Å². The van der Waals surface area contributed by atoms with Crippen LogP contribution in [0.15, 0.2) is 0 Å². The first-order chi connectivity index (χ1) is 10.7. The molecule has 0 unspecified atom stereocenters. The van der Waals surface area contributed by atoms with Crippen LogP contribution in [0, 0.1) is 0 Å². The first-order valence-electron chi connectivity index (χ1n) is 8.76. The van der Waals surface area contributed by atoms with Crippen molar-refractivity contribution in [2.75, 3.05) is 52.4 Å².